The average molecular weight is 379 g/mol. The molecule has 0 N–H and O–H groups in total. The monoisotopic (exact) mass is 379 g/mol. The smallest absolute Gasteiger partial charge is 0.348 e. The Morgan fingerprint density at radius 3 is 2.36 bits per heavy atom. The maximum Gasteiger partial charge on any atom is 0.348 e. The summed E-state index contributed by atoms with van der Waals surface area (Å²) >= 11 is 0. The Morgan fingerprint density at radius 2 is 1.79 bits per heavy atom. The molecule has 0 radical (unpaired) electrons. The van der Waals surface area contributed by atoms with Crippen molar-refractivity contribution in [3.8, 4) is 17.6 Å². The van der Waals surface area contributed by atoms with Crippen molar-refractivity contribution >= 4 is 18.0 Å². The SMILES string of the molecule is CCOC(=O)/C(C#N)=C/c1ccc(OC(=O)c2ccc(CC)cc2)c(OC)c1. The molecule has 0 aliphatic rings. The lowest BCUT2D eigenvalue weighted by Crippen LogP contribution is -2.09. The van der Waals surface area contributed by atoms with Crippen LogP contribution < -0.4 is 9.47 Å². The molecule has 6 heteroatoms. The van der Waals surface area contributed by atoms with Gasteiger partial charge in [-0.2, -0.15) is 5.26 Å². The number of nitriles is 1. The lowest BCUT2D eigenvalue weighted by Gasteiger charge is -2.10. The Kier molecular flexibility index (Phi) is 7.35. The second-order valence-electron chi connectivity index (χ2n) is 5.74. The molecular formula is C22H21NO5. The molecule has 144 valence electrons. The molecule has 2 rings (SSSR count). The molecule has 0 bridgehead atoms. The Balaban J connectivity index is 2.23. The third-order valence-electron chi connectivity index (χ3n) is 3.92. The number of esters is 2. The molecule has 0 aliphatic carbocycles. The Hall–Kier alpha value is -3.59. The first kappa shape index (κ1) is 20.7. The Bertz CT molecular complexity index is 923. The van der Waals surface area contributed by atoms with Crippen LogP contribution in [0.25, 0.3) is 6.08 Å². The standard InChI is InChI=1S/C22H21NO5/c1-4-15-6-9-17(10-7-15)22(25)28-19-11-8-16(13-20(19)26-3)12-18(14-23)21(24)27-5-2/h6-13H,4-5H2,1-3H3/b18-12+. The number of rotatable bonds is 7. The third kappa shape index (κ3) is 5.21. The van der Waals surface area contributed by atoms with Gasteiger partial charge in [0.15, 0.2) is 11.5 Å². The summed E-state index contributed by atoms with van der Waals surface area (Å²) in [4.78, 5) is 24.1. The van der Waals surface area contributed by atoms with Gasteiger partial charge < -0.3 is 14.2 Å². The highest BCUT2D eigenvalue weighted by Crippen LogP contribution is 2.29. The van der Waals surface area contributed by atoms with Gasteiger partial charge in [-0.1, -0.05) is 25.1 Å². The van der Waals surface area contributed by atoms with Crippen molar-refractivity contribution in [3.63, 3.8) is 0 Å². The van der Waals surface area contributed by atoms with Gasteiger partial charge in [-0.15, -0.1) is 0 Å². The third-order valence-corrected chi connectivity index (χ3v) is 3.92. The molecule has 2 aromatic rings. The van der Waals surface area contributed by atoms with Crippen molar-refractivity contribution in [2.24, 2.45) is 0 Å². The van der Waals surface area contributed by atoms with Crippen LogP contribution in [-0.2, 0) is 16.0 Å². The molecule has 0 unspecified atom stereocenters. The zero-order valence-corrected chi connectivity index (χ0v) is 16.0. The van der Waals surface area contributed by atoms with E-state index in [9.17, 15) is 9.59 Å². The molecule has 0 amide bonds. The van der Waals surface area contributed by atoms with Gasteiger partial charge >= 0.3 is 11.9 Å². The first-order chi connectivity index (χ1) is 13.5. The fourth-order valence-corrected chi connectivity index (χ4v) is 2.41. The summed E-state index contributed by atoms with van der Waals surface area (Å²) in [5.41, 5.74) is 1.95. The molecule has 28 heavy (non-hydrogen) atoms. The highest BCUT2D eigenvalue weighted by molar-refractivity contribution is 5.98. The summed E-state index contributed by atoms with van der Waals surface area (Å²) in [6.07, 6.45) is 2.27. The van der Waals surface area contributed by atoms with E-state index in [-0.39, 0.29) is 17.9 Å². The topological polar surface area (TPSA) is 85.6 Å². The van der Waals surface area contributed by atoms with E-state index in [1.807, 2.05) is 25.1 Å². The van der Waals surface area contributed by atoms with Crippen molar-refractivity contribution in [3.05, 3.63) is 64.7 Å². The summed E-state index contributed by atoms with van der Waals surface area (Å²) in [7, 11) is 1.44. The molecule has 0 heterocycles. The fourth-order valence-electron chi connectivity index (χ4n) is 2.41. The molecule has 0 atom stereocenters. The van der Waals surface area contributed by atoms with E-state index in [0.29, 0.717) is 16.9 Å². The highest BCUT2D eigenvalue weighted by atomic mass is 16.6. The number of nitrogens with zero attached hydrogens (tertiary/aromatic N) is 1. The number of hydrogen-bond acceptors (Lipinski definition) is 6. The molecule has 0 saturated heterocycles. The van der Waals surface area contributed by atoms with Crippen LogP contribution >= 0.6 is 0 Å². The summed E-state index contributed by atoms with van der Waals surface area (Å²) in [5, 5.41) is 9.13. The van der Waals surface area contributed by atoms with Crippen molar-refractivity contribution in [2.75, 3.05) is 13.7 Å². The first-order valence-corrected chi connectivity index (χ1v) is 8.80. The maximum atomic E-state index is 12.4. The van der Waals surface area contributed by atoms with Crippen molar-refractivity contribution in [1.82, 2.24) is 0 Å². The van der Waals surface area contributed by atoms with Crippen molar-refractivity contribution in [2.45, 2.75) is 20.3 Å². The summed E-state index contributed by atoms with van der Waals surface area (Å²) < 4.78 is 15.5. The van der Waals surface area contributed by atoms with E-state index in [0.717, 1.165) is 12.0 Å². The fraction of sp³-hybridized carbons (Fsp3) is 0.227. The number of benzene rings is 2. The normalized spacial score (nSPS) is 10.7. The number of aryl methyl sites for hydroxylation is 1. The lowest BCUT2D eigenvalue weighted by molar-refractivity contribution is -0.137. The van der Waals surface area contributed by atoms with Gasteiger partial charge in [-0.25, -0.2) is 9.59 Å². The largest absolute Gasteiger partial charge is 0.493 e. The molecule has 2 aromatic carbocycles. The quantitative estimate of drug-likeness (QED) is 0.313. The van der Waals surface area contributed by atoms with Crippen molar-refractivity contribution in [1.29, 1.82) is 5.26 Å². The van der Waals surface area contributed by atoms with Crippen LogP contribution in [0.4, 0.5) is 0 Å². The minimum absolute atomic E-state index is 0.135. The van der Waals surface area contributed by atoms with Gasteiger partial charge in [0.2, 0.25) is 0 Å². The Labute approximate surface area is 164 Å². The first-order valence-electron chi connectivity index (χ1n) is 8.80. The van der Waals surface area contributed by atoms with Crippen LogP contribution in [0.1, 0.15) is 35.3 Å². The molecule has 0 fully saturated rings. The van der Waals surface area contributed by atoms with Gasteiger partial charge in [0.25, 0.3) is 0 Å². The summed E-state index contributed by atoms with van der Waals surface area (Å²) in [5.74, 6) is -0.671. The zero-order chi connectivity index (χ0) is 20.5. The second-order valence-corrected chi connectivity index (χ2v) is 5.74. The summed E-state index contributed by atoms with van der Waals surface area (Å²) in [6.45, 7) is 3.87. The van der Waals surface area contributed by atoms with Crippen LogP contribution in [-0.4, -0.2) is 25.7 Å². The van der Waals surface area contributed by atoms with E-state index in [1.54, 1.807) is 37.3 Å². The second kappa shape index (κ2) is 9.93. The van der Waals surface area contributed by atoms with Gasteiger partial charge in [0.05, 0.1) is 19.3 Å². The average Bonchev–Trinajstić information content (AvgIpc) is 2.72. The van der Waals surface area contributed by atoms with Crippen LogP contribution in [0.15, 0.2) is 48.0 Å². The predicted molar refractivity (Wildman–Crippen MR) is 104 cm³/mol. The van der Waals surface area contributed by atoms with E-state index in [4.69, 9.17) is 19.5 Å². The van der Waals surface area contributed by atoms with E-state index < -0.39 is 11.9 Å². The van der Waals surface area contributed by atoms with Crippen LogP contribution in [0.5, 0.6) is 11.5 Å². The van der Waals surface area contributed by atoms with Crippen LogP contribution in [0.2, 0.25) is 0 Å². The van der Waals surface area contributed by atoms with Crippen molar-refractivity contribution < 1.29 is 23.8 Å². The van der Waals surface area contributed by atoms with E-state index >= 15 is 0 Å². The molecule has 6 nitrogen and oxygen atoms in total. The van der Waals surface area contributed by atoms with Gasteiger partial charge in [-0.3, -0.25) is 0 Å². The molecule has 0 spiro atoms. The molecular weight excluding hydrogens is 358 g/mol. The van der Waals surface area contributed by atoms with E-state index in [2.05, 4.69) is 0 Å². The number of carbonyl (C=O) groups is 2. The number of methoxy groups -OCH3 is 1. The maximum absolute atomic E-state index is 12.4. The van der Waals surface area contributed by atoms with Crippen LogP contribution in [0, 0.1) is 11.3 Å². The van der Waals surface area contributed by atoms with E-state index in [1.165, 1.54) is 13.2 Å². The predicted octanol–water partition coefficient (Wildman–Crippen LogP) is 3.95. The molecule has 0 saturated carbocycles. The highest BCUT2D eigenvalue weighted by Gasteiger charge is 2.14. The number of ether oxygens (including phenoxy) is 3. The lowest BCUT2D eigenvalue weighted by atomic mass is 10.1. The number of hydrogen-bond donors (Lipinski definition) is 0. The molecule has 0 aromatic heterocycles. The minimum atomic E-state index is -0.699. The van der Waals surface area contributed by atoms with Gasteiger partial charge in [0, 0.05) is 0 Å². The van der Waals surface area contributed by atoms with Crippen LogP contribution in [0.3, 0.4) is 0 Å². The zero-order valence-electron chi connectivity index (χ0n) is 16.0. The Morgan fingerprint density at radius 1 is 1.07 bits per heavy atom. The molecule has 0 aliphatic heterocycles. The number of carbonyl (C=O) groups excluding carboxylic acids is 2. The van der Waals surface area contributed by atoms with Gasteiger partial charge in [0.1, 0.15) is 11.6 Å². The summed E-state index contributed by atoms with van der Waals surface area (Å²) in [6, 6.07) is 13.7. The van der Waals surface area contributed by atoms with Gasteiger partial charge in [-0.05, 0) is 54.8 Å². The minimum Gasteiger partial charge on any atom is -0.493 e.